The number of aryl methyl sites for hydroxylation is 1. The maximum absolute atomic E-state index is 15.1. The number of benzene rings is 2. The summed E-state index contributed by atoms with van der Waals surface area (Å²) in [6.07, 6.45) is 1.75. The molecule has 0 fully saturated rings. The van der Waals surface area contributed by atoms with E-state index in [0.717, 1.165) is 31.4 Å². The van der Waals surface area contributed by atoms with Crippen molar-refractivity contribution in [2.45, 2.75) is 77.6 Å². The van der Waals surface area contributed by atoms with E-state index in [1.54, 1.807) is 20.8 Å². The summed E-state index contributed by atoms with van der Waals surface area (Å²) in [5.74, 6) is -0.419. The maximum atomic E-state index is 15.1. The van der Waals surface area contributed by atoms with Gasteiger partial charge in [-0.3, -0.25) is 9.36 Å². The zero-order valence-electron chi connectivity index (χ0n) is 23.9. The Balaban J connectivity index is 2.10. The molecule has 2 aromatic rings. The van der Waals surface area contributed by atoms with Crippen molar-refractivity contribution in [2.75, 3.05) is 19.8 Å². The summed E-state index contributed by atoms with van der Waals surface area (Å²) in [5, 5.41) is 5.43. The number of amides is 2. The number of halogens is 2. The van der Waals surface area contributed by atoms with Gasteiger partial charge >= 0.3 is 19.4 Å². The molecule has 0 aromatic heterocycles. The molecule has 2 aromatic carbocycles. The molecule has 0 saturated heterocycles. The summed E-state index contributed by atoms with van der Waals surface area (Å²) >= 11 is 0. The number of unbranched alkanes of at least 4 members (excludes halogenated alkanes) is 1. The Morgan fingerprint density at radius 2 is 1.50 bits per heavy atom. The first-order valence-corrected chi connectivity index (χ1v) is 15.0. The number of hydrogen-bond acceptors (Lipinski definition) is 6. The minimum atomic E-state index is -4.75. The van der Waals surface area contributed by atoms with Gasteiger partial charge in [-0.05, 0) is 65.0 Å². The summed E-state index contributed by atoms with van der Waals surface area (Å²) in [7, 11) is -4.75. The topological polar surface area (TPSA) is 103 Å². The third-order valence-corrected chi connectivity index (χ3v) is 7.87. The van der Waals surface area contributed by atoms with Gasteiger partial charge in [0.2, 0.25) is 5.91 Å². The predicted molar refractivity (Wildman–Crippen MR) is 150 cm³/mol. The second-order valence-corrected chi connectivity index (χ2v) is 12.3. The van der Waals surface area contributed by atoms with E-state index in [2.05, 4.69) is 10.6 Å². The van der Waals surface area contributed by atoms with Crippen molar-refractivity contribution in [2.24, 2.45) is 0 Å². The SMILES string of the molecule is CCOP(=O)(OCC)C(F)(F)c1ccc(CC(NC(=O)OC(C)(C)C)C(=O)NCCCCc2ccccc2)cc1. The molecule has 11 heteroatoms. The van der Waals surface area contributed by atoms with Gasteiger partial charge in [0.25, 0.3) is 0 Å². The fourth-order valence-electron chi connectivity index (χ4n) is 3.87. The van der Waals surface area contributed by atoms with Gasteiger partial charge < -0.3 is 24.4 Å². The zero-order chi connectivity index (χ0) is 29.8. The van der Waals surface area contributed by atoms with Crippen LogP contribution in [0.1, 0.15) is 64.2 Å². The van der Waals surface area contributed by atoms with Gasteiger partial charge in [0.05, 0.1) is 13.2 Å². The smallest absolute Gasteiger partial charge is 0.408 e. The minimum absolute atomic E-state index is 0.0233. The van der Waals surface area contributed by atoms with E-state index in [1.165, 1.54) is 31.5 Å². The fraction of sp³-hybridized carbons (Fsp3) is 0.517. The van der Waals surface area contributed by atoms with Gasteiger partial charge in [-0.15, -0.1) is 0 Å². The van der Waals surface area contributed by atoms with Crippen LogP contribution in [-0.2, 0) is 41.6 Å². The van der Waals surface area contributed by atoms with Gasteiger partial charge in [-0.25, -0.2) is 4.79 Å². The Labute approximate surface area is 235 Å². The second kappa shape index (κ2) is 15.3. The fourth-order valence-corrected chi connectivity index (χ4v) is 5.41. The standard InChI is InChI=1S/C29H41F2N2O6P/c1-6-37-40(36,38-7-2)29(30,31)24-18-16-23(17-19-24)21-25(33-27(35)39-28(3,4)5)26(34)32-20-12-11-15-22-13-9-8-10-14-22/h8-10,13-14,16-19,25H,6-7,11-12,15,20-21H2,1-5H3,(H,32,34)(H,33,35). The summed E-state index contributed by atoms with van der Waals surface area (Å²) in [6.45, 7) is 8.03. The number of alkyl carbamates (subject to hydrolysis) is 1. The van der Waals surface area contributed by atoms with Crippen LogP contribution in [-0.4, -0.2) is 43.4 Å². The van der Waals surface area contributed by atoms with Crippen molar-refractivity contribution in [3.05, 3.63) is 71.3 Å². The maximum Gasteiger partial charge on any atom is 0.408 e. The molecule has 0 spiro atoms. The van der Waals surface area contributed by atoms with Crippen molar-refractivity contribution >= 4 is 19.6 Å². The lowest BCUT2D eigenvalue weighted by Gasteiger charge is -2.26. The molecule has 2 rings (SSSR count). The largest absolute Gasteiger partial charge is 0.444 e. The molecule has 222 valence electrons. The first-order valence-electron chi connectivity index (χ1n) is 13.5. The van der Waals surface area contributed by atoms with Crippen molar-refractivity contribution < 1.29 is 36.7 Å². The van der Waals surface area contributed by atoms with Crippen molar-refractivity contribution in [1.82, 2.24) is 10.6 Å². The van der Waals surface area contributed by atoms with Gasteiger partial charge in [0.15, 0.2) is 0 Å². The minimum Gasteiger partial charge on any atom is -0.444 e. The molecule has 0 radical (unpaired) electrons. The third kappa shape index (κ3) is 10.3. The van der Waals surface area contributed by atoms with Crippen LogP contribution in [0.3, 0.4) is 0 Å². The van der Waals surface area contributed by atoms with Crippen LogP contribution >= 0.6 is 7.60 Å². The lowest BCUT2D eigenvalue weighted by molar-refractivity contribution is -0.123. The van der Waals surface area contributed by atoms with Gasteiger partial charge in [0.1, 0.15) is 11.6 Å². The third-order valence-electron chi connectivity index (χ3n) is 5.72. The number of ether oxygens (including phenoxy) is 1. The van der Waals surface area contributed by atoms with Crippen LogP contribution in [0, 0.1) is 0 Å². The summed E-state index contributed by atoms with van der Waals surface area (Å²) in [6, 6.07) is 14.0. The molecule has 8 nitrogen and oxygen atoms in total. The molecular weight excluding hydrogens is 541 g/mol. The molecule has 0 bridgehead atoms. The highest BCUT2D eigenvalue weighted by Crippen LogP contribution is 2.66. The normalized spacial score (nSPS) is 13.0. The first kappa shape index (κ1) is 33.4. The molecule has 1 unspecified atom stereocenters. The Kier molecular flexibility index (Phi) is 12.7. The molecule has 0 aliphatic carbocycles. The van der Waals surface area contributed by atoms with E-state index in [-0.39, 0.29) is 19.6 Å². The van der Waals surface area contributed by atoms with E-state index in [4.69, 9.17) is 13.8 Å². The van der Waals surface area contributed by atoms with Crippen molar-refractivity contribution in [3.63, 3.8) is 0 Å². The molecule has 40 heavy (non-hydrogen) atoms. The second-order valence-electron chi connectivity index (χ2n) is 10.2. The Morgan fingerprint density at radius 1 is 0.900 bits per heavy atom. The number of hydrogen-bond donors (Lipinski definition) is 2. The average molecular weight is 583 g/mol. The molecule has 2 amide bonds. The summed E-state index contributed by atoms with van der Waals surface area (Å²) in [4.78, 5) is 25.5. The van der Waals surface area contributed by atoms with Crippen molar-refractivity contribution in [1.29, 1.82) is 0 Å². The van der Waals surface area contributed by atoms with E-state index >= 15 is 8.78 Å². The van der Waals surface area contributed by atoms with Gasteiger partial charge in [0, 0.05) is 18.5 Å². The highest BCUT2D eigenvalue weighted by atomic mass is 31.2. The van der Waals surface area contributed by atoms with E-state index in [1.807, 2.05) is 30.3 Å². The molecule has 1 atom stereocenters. The van der Waals surface area contributed by atoms with Crippen LogP contribution < -0.4 is 10.6 Å². The summed E-state index contributed by atoms with van der Waals surface area (Å²) in [5.41, 5.74) is -3.47. The van der Waals surface area contributed by atoms with E-state index < -0.39 is 42.5 Å². The van der Waals surface area contributed by atoms with Crippen LogP contribution in [0.5, 0.6) is 0 Å². The average Bonchev–Trinajstić information content (AvgIpc) is 2.88. The number of carbonyl (C=O) groups is 2. The highest BCUT2D eigenvalue weighted by molar-refractivity contribution is 7.54. The lowest BCUT2D eigenvalue weighted by Crippen LogP contribution is -2.49. The number of nitrogens with one attached hydrogen (secondary N) is 2. The number of rotatable bonds is 15. The number of alkyl halides is 2. The van der Waals surface area contributed by atoms with Crippen LogP contribution in [0.2, 0.25) is 0 Å². The van der Waals surface area contributed by atoms with Gasteiger partial charge in [-0.2, -0.15) is 8.78 Å². The zero-order valence-corrected chi connectivity index (χ0v) is 24.8. The summed E-state index contributed by atoms with van der Waals surface area (Å²) < 4.78 is 57.9. The van der Waals surface area contributed by atoms with Crippen LogP contribution in [0.25, 0.3) is 0 Å². The molecule has 0 aliphatic rings. The monoisotopic (exact) mass is 582 g/mol. The number of carbonyl (C=O) groups excluding carboxylic acids is 2. The van der Waals surface area contributed by atoms with Crippen LogP contribution in [0.15, 0.2) is 54.6 Å². The molecular formula is C29H41F2N2O6P. The highest BCUT2D eigenvalue weighted by Gasteiger charge is 2.54. The van der Waals surface area contributed by atoms with Crippen molar-refractivity contribution in [3.8, 4) is 0 Å². The van der Waals surface area contributed by atoms with E-state index in [9.17, 15) is 14.2 Å². The first-order chi connectivity index (χ1) is 18.8. The molecule has 0 saturated carbocycles. The van der Waals surface area contributed by atoms with Gasteiger partial charge in [-0.1, -0.05) is 54.6 Å². The van der Waals surface area contributed by atoms with E-state index in [0.29, 0.717) is 12.1 Å². The van der Waals surface area contributed by atoms with Crippen LogP contribution in [0.4, 0.5) is 13.6 Å². The lowest BCUT2D eigenvalue weighted by atomic mass is 10.0. The Morgan fingerprint density at radius 3 is 2.05 bits per heavy atom. The predicted octanol–water partition coefficient (Wildman–Crippen LogP) is 6.58. The molecule has 2 N–H and O–H groups in total. The quantitative estimate of drug-likeness (QED) is 0.182. The molecule has 0 heterocycles. The molecule has 0 aliphatic heterocycles. The Hall–Kier alpha value is -2.81. The Bertz CT molecular complexity index is 1110.